The number of nitrogens with one attached hydrogen (secondary N) is 1. The lowest BCUT2D eigenvalue weighted by Gasteiger charge is -2.37. The van der Waals surface area contributed by atoms with Crippen LogP contribution in [0.25, 0.3) is 0 Å². The van der Waals surface area contributed by atoms with Gasteiger partial charge in [-0.3, -0.25) is 0 Å². The van der Waals surface area contributed by atoms with Crippen molar-refractivity contribution in [2.24, 2.45) is 5.92 Å². The van der Waals surface area contributed by atoms with Crippen molar-refractivity contribution in [2.75, 3.05) is 5.32 Å². The van der Waals surface area contributed by atoms with Crippen molar-refractivity contribution in [3.05, 3.63) is 53.5 Å². The summed E-state index contributed by atoms with van der Waals surface area (Å²) < 4.78 is 2.05. The van der Waals surface area contributed by atoms with Gasteiger partial charge in [0.25, 0.3) is 0 Å². The van der Waals surface area contributed by atoms with Gasteiger partial charge in [-0.15, -0.1) is 0 Å². The number of allylic oxidation sites excluding steroid dienone is 2. The normalized spacial score (nSPS) is 24.4. The molecule has 4 heteroatoms. The van der Waals surface area contributed by atoms with Gasteiger partial charge in [0.2, 0.25) is 5.95 Å². The first-order chi connectivity index (χ1) is 9.84. The number of hydrogen-bond acceptors (Lipinski definition) is 3. The summed E-state index contributed by atoms with van der Waals surface area (Å²) in [6.07, 6.45) is 7.59. The van der Waals surface area contributed by atoms with E-state index in [1.54, 1.807) is 6.33 Å². The lowest BCUT2D eigenvalue weighted by Crippen LogP contribution is -2.34. The number of rotatable bonds is 1. The van der Waals surface area contributed by atoms with Crippen molar-refractivity contribution in [3.8, 4) is 0 Å². The molecule has 0 bridgehead atoms. The number of aryl methyl sites for hydroxylation is 1. The highest BCUT2D eigenvalue weighted by Gasteiger charge is 2.36. The molecule has 4 rings (SSSR count). The largest absolute Gasteiger partial charge is 0.328 e. The lowest BCUT2D eigenvalue weighted by molar-refractivity contribution is 0.345. The van der Waals surface area contributed by atoms with Gasteiger partial charge in [-0.2, -0.15) is 10.1 Å². The Bertz CT molecular complexity index is 671. The molecule has 1 aliphatic carbocycles. The molecule has 1 aliphatic heterocycles. The second kappa shape index (κ2) is 4.47. The van der Waals surface area contributed by atoms with E-state index >= 15 is 0 Å². The smallest absolute Gasteiger partial charge is 0.225 e. The zero-order valence-electron chi connectivity index (χ0n) is 11.6. The Morgan fingerprint density at radius 1 is 1.30 bits per heavy atom. The van der Waals surface area contributed by atoms with Crippen molar-refractivity contribution >= 4 is 5.95 Å². The maximum Gasteiger partial charge on any atom is 0.225 e. The number of nitrogens with zero attached hydrogens (tertiary/aromatic N) is 3. The van der Waals surface area contributed by atoms with E-state index < -0.39 is 0 Å². The van der Waals surface area contributed by atoms with Crippen molar-refractivity contribution < 1.29 is 0 Å². The second-order valence-electron chi connectivity index (χ2n) is 5.65. The summed E-state index contributed by atoms with van der Waals surface area (Å²) in [6, 6.07) is 8.89. The van der Waals surface area contributed by atoms with Gasteiger partial charge in [-0.25, -0.2) is 4.68 Å². The average molecular weight is 266 g/mol. The Labute approximate surface area is 118 Å². The number of hydrogen-bond donors (Lipinski definition) is 1. The van der Waals surface area contributed by atoms with Gasteiger partial charge in [0.1, 0.15) is 6.33 Å². The summed E-state index contributed by atoms with van der Waals surface area (Å²) in [7, 11) is 0. The minimum atomic E-state index is 0.265. The maximum atomic E-state index is 4.46. The summed E-state index contributed by atoms with van der Waals surface area (Å²) >= 11 is 0. The molecule has 2 aliphatic rings. The fourth-order valence-corrected chi connectivity index (χ4v) is 3.48. The van der Waals surface area contributed by atoms with E-state index in [4.69, 9.17) is 0 Å². The van der Waals surface area contributed by atoms with Crippen LogP contribution in [0, 0.1) is 12.8 Å². The SMILES string of the molecule is Cc1ccccc1C1C2CCCC=C2Nc2ncnn21. The third-order valence-corrected chi connectivity index (χ3v) is 4.46. The first kappa shape index (κ1) is 11.7. The molecule has 0 amide bonds. The molecule has 20 heavy (non-hydrogen) atoms. The highest BCUT2D eigenvalue weighted by molar-refractivity contribution is 5.45. The van der Waals surface area contributed by atoms with Gasteiger partial charge < -0.3 is 5.32 Å². The van der Waals surface area contributed by atoms with Crippen molar-refractivity contribution in [1.82, 2.24) is 14.8 Å². The Morgan fingerprint density at radius 2 is 2.20 bits per heavy atom. The summed E-state index contributed by atoms with van der Waals surface area (Å²) in [6.45, 7) is 2.18. The van der Waals surface area contributed by atoms with Crippen LogP contribution in [0.5, 0.6) is 0 Å². The van der Waals surface area contributed by atoms with Gasteiger partial charge in [-0.1, -0.05) is 30.3 Å². The van der Waals surface area contributed by atoms with E-state index in [9.17, 15) is 0 Å². The van der Waals surface area contributed by atoms with Crippen LogP contribution < -0.4 is 5.32 Å². The molecular weight excluding hydrogens is 248 g/mol. The van der Waals surface area contributed by atoms with Gasteiger partial charge in [0, 0.05) is 11.6 Å². The molecule has 2 heterocycles. The first-order valence-corrected chi connectivity index (χ1v) is 7.27. The van der Waals surface area contributed by atoms with Crippen LogP contribution in [-0.2, 0) is 0 Å². The summed E-state index contributed by atoms with van der Waals surface area (Å²) in [4.78, 5) is 4.35. The van der Waals surface area contributed by atoms with Crippen molar-refractivity contribution in [3.63, 3.8) is 0 Å². The van der Waals surface area contributed by atoms with Crippen LogP contribution in [0.4, 0.5) is 5.95 Å². The Morgan fingerprint density at radius 3 is 3.10 bits per heavy atom. The van der Waals surface area contributed by atoms with E-state index in [1.807, 2.05) is 0 Å². The second-order valence-corrected chi connectivity index (χ2v) is 5.65. The highest BCUT2D eigenvalue weighted by Crippen LogP contribution is 2.43. The molecule has 0 saturated heterocycles. The van der Waals surface area contributed by atoms with Crippen molar-refractivity contribution in [2.45, 2.75) is 32.2 Å². The van der Waals surface area contributed by atoms with Crippen LogP contribution >= 0.6 is 0 Å². The molecule has 0 fully saturated rings. The van der Waals surface area contributed by atoms with E-state index in [0.29, 0.717) is 5.92 Å². The topological polar surface area (TPSA) is 42.7 Å². The standard InChI is InChI=1S/C16H18N4/c1-11-6-2-3-7-12(11)15-13-8-4-5-9-14(13)19-16-17-10-18-20(15)16/h2-3,6-7,9-10,13,15H,4-5,8H2,1H3,(H,17,18,19). The van der Waals surface area contributed by atoms with Gasteiger partial charge in [0.15, 0.2) is 0 Å². The van der Waals surface area contributed by atoms with E-state index in [-0.39, 0.29) is 6.04 Å². The monoisotopic (exact) mass is 266 g/mol. The number of aromatic nitrogens is 3. The van der Waals surface area contributed by atoms with Crippen LogP contribution in [0.15, 0.2) is 42.4 Å². The first-order valence-electron chi connectivity index (χ1n) is 7.27. The average Bonchev–Trinajstić information content (AvgIpc) is 2.93. The quantitative estimate of drug-likeness (QED) is 0.861. The minimum Gasteiger partial charge on any atom is -0.328 e. The zero-order valence-corrected chi connectivity index (χ0v) is 11.6. The molecule has 1 aromatic heterocycles. The zero-order chi connectivity index (χ0) is 13.5. The molecule has 2 unspecified atom stereocenters. The van der Waals surface area contributed by atoms with Gasteiger partial charge >= 0.3 is 0 Å². The lowest BCUT2D eigenvalue weighted by atomic mass is 9.81. The van der Waals surface area contributed by atoms with Crippen LogP contribution in [-0.4, -0.2) is 14.8 Å². The number of fused-ring (bicyclic) bond motifs is 2. The molecule has 0 saturated carbocycles. The third-order valence-electron chi connectivity index (χ3n) is 4.46. The maximum absolute atomic E-state index is 4.46. The number of benzene rings is 1. The highest BCUT2D eigenvalue weighted by atomic mass is 15.4. The van der Waals surface area contributed by atoms with Gasteiger partial charge in [-0.05, 0) is 37.3 Å². The summed E-state index contributed by atoms with van der Waals surface area (Å²) in [5.74, 6) is 1.35. The fraction of sp³-hybridized carbons (Fsp3) is 0.375. The molecule has 102 valence electrons. The molecule has 1 N–H and O–H groups in total. The molecule has 2 aromatic rings. The van der Waals surface area contributed by atoms with E-state index in [0.717, 1.165) is 12.4 Å². The van der Waals surface area contributed by atoms with Crippen LogP contribution in [0.3, 0.4) is 0 Å². The molecule has 2 atom stereocenters. The van der Waals surface area contributed by atoms with Crippen LogP contribution in [0.1, 0.15) is 36.4 Å². The minimum absolute atomic E-state index is 0.265. The summed E-state index contributed by atoms with van der Waals surface area (Å²) in [5.41, 5.74) is 4.01. The Hall–Kier alpha value is -2.10. The van der Waals surface area contributed by atoms with E-state index in [1.165, 1.54) is 29.7 Å². The summed E-state index contributed by atoms with van der Waals surface area (Å²) in [5, 5.41) is 7.91. The molecular formula is C16H18N4. The Kier molecular flexibility index (Phi) is 2.62. The molecule has 0 spiro atoms. The number of anilines is 1. The van der Waals surface area contributed by atoms with Crippen molar-refractivity contribution in [1.29, 1.82) is 0 Å². The molecule has 0 radical (unpaired) electrons. The van der Waals surface area contributed by atoms with Gasteiger partial charge in [0.05, 0.1) is 6.04 Å². The fourth-order valence-electron chi connectivity index (χ4n) is 3.48. The predicted octanol–water partition coefficient (Wildman–Crippen LogP) is 3.29. The van der Waals surface area contributed by atoms with E-state index in [2.05, 4.69) is 57.3 Å². The third kappa shape index (κ3) is 1.68. The Balaban J connectivity index is 1.90. The molecule has 4 nitrogen and oxygen atoms in total. The van der Waals surface area contributed by atoms with Crippen LogP contribution in [0.2, 0.25) is 0 Å². The predicted molar refractivity (Wildman–Crippen MR) is 78.4 cm³/mol. The molecule has 1 aromatic carbocycles.